The third-order valence-electron chi connectivity index (χ3n) is 2.71. The monoisotopic (exact) mass is 245 g/mol. The summed E-state index contributed by atoms with van der Waals surface area (Å²) in [7, 11) is 1.58. The quantitative estimate of drug-likeness (QED) is 0.772. The number of carbonyl (C=O) groups excluding carboxylic acids is 1. The molecule has 90 valence electrons. The molecule has 0 aliphatic carbocycles. The van der Waals surface area contributed by atoms with Gasteiger partial charge in [-0.1, -0.05) is 0 Å². The molecular formula is C13H12N4O. The Morgan fingerprint density at radius 3 is 3.06 bits per heavy atom. The summed E-state index contributed by atoms with van der Waals surface area (Å²) in [6.07, 6.45) is 2.59. The molecule has 3 rings (SSSR count). The Kier molecular flexibility index (Phi) is 1.37. The number of aryl methyl sites for hydroxylation is 1. The first kappa shape index (κ1) is 6.49. The molecule has 5 nitrogen and oxygen atoms in total. The maximum atomic E-state index is 12.6. The van der Waals surface area contributed by atoms with E-state index in [0.29, 0.717) is 5.31 Å². The van der Waals surface area contributed by atoms with E-state index in [1.165, 1.54) is 29.4 Å². The molecule has 0 spiro atoms. The Hall–Kier alpha value is -2.43. The van der Waals surface area contributed by atoms with Crippen molar-refractivity contribution in [1.29, 1.82) is 0 Å². The van der Waals surface area contributed by atoms with Crippen molar-refractivity contribution in [2.45, 2.75) is 6.85 Å². The maximum Gasteiger partial charge on any atom is 0.259 e. The molecule has 1 aliphatic rings. The van der Waals surface area contributed by atoms with E-state index in [-0.39, 0.29) is 34.5 Å². The van der Waals surface area contributed by atoms with Gasteiger partial charge in [0.1, 0.15) is 5.82 Å². The molecule has 0 saturated carbocycles. The van der Waals surface area contributed by atoms with Crippen LogP contribution in [0.5, 0.6) is 0 Å². The fourth-order valence-corrected chi connectivity index (χ4v) is 1.84. The van der Waals surface area contributed by atoms with E-state index in [0.717, 1.165) is 0 Å². The van der Waals surface area contributed by atoms with Crippen LogP contribution in [0.3, 0.4) is 0 Å². The maximum absolute atomic E-state index is 12.6. The molecule has 3 heterocycles. The summed E-state index contributed by atoms with van der Waals surface area (Å²) >= 11 is 0. The molecule has 1 N–H and O–H groups in total. The van der Waals surface area contributed by atoms with Gasteiger partial charge in [0.2, 0.25) is 0 Å². The van der Waals surface area contributed by atoms with E-state index in [2.05, 4.69) is 9.97 Å². The van der Waals surface area contributed by atoms with Crippen LogP contribution >= 0.6 is 0 Å². The highest BCUT2D eigenvalue weighted by Gasteiger charge is 2.25. The van der Waals surface area contributed by atoms with Gasteiger partial charge >= 0.3 is 0 Å². The summed E-state index contributed by atoms with van der Waals surface area (Å²) in [5, 5.41) is 0.507. The van der Waals surface area contributed by atoms with E-state index in [1.807, 2.05) is 0 Å². The summed E-state index contributed by atoms with van der Waals surface area (Å²) in [6, 6.07) is 2.59. The van der Waals surface area contributed by atoms with Crippen LogP contribution < -0.4 is 10.2 Å². The minimum absolute atomic E-state index is 0.0221. The van der Waals surface area contributed by atoms with Crippen LogP contribution in [0, 0.1) is 6.85 Å². The second kappa shape index (κ2) is 3.80. The molecule has 0 unspecified atom stereocenters. The van der Waals surface area contributed by atoms with Crippen molar-refractivity contribution in [2.75, 3.05) is 17.3 Å². The third kappa shape index (κ3) is 1.44. The third-order valence-corrected chi connectivity index (χ3v) is 2.71. The lowest BCUT2D eigenvalue weighted by molar-refractivity contribution is 0.102. The van der Waals surface area contributed by atoms with Gasteiger partial charge in [-0.15, -0.1) is 0 Å². The summed E-state index contributed by atoms with van der Waals surface area (Å²) in [5.74, 6) is -0.395. The SMILES string of the molecule is [2H]c1cnc2c(c1)C(=O)N([2H])c1c(C([2H])([2H])[2H])ccnc1N2C. The van der Waals surface area contributed by atoms with Crippen molar-refractivity contribution in [3.8, 4) is 0 Å². The number of amides is 1. The second-order valence-corrected chi connectivity index (χ2v) is 3.81. The van der Waals surface area contributed by atoms with E-state index >= 15 is 0 Å². The van der Waals surface area contributed by atoms with Crippen LogP contribution in [0.15, 0.2) is 30.6 Å². The van der Waals surface area contributed by atoms with Crippen LogP contribution in [-0.4, -0.2) is 22.9 Å². The van der Waals surface area contributed by atoms with Gasteiger partial charge < -0.3 is 10.2 Å². The first-order valence-electron chi connectivity index (χ1n) is 7.69. The normalized spacial score (nSPS) is 18.7. The van der Waals surface area contributed by atoms with Crippen molar-refractivity contribution in [3.05, 3.63) is 41.7 Å². The van der Waals surface area contributed by atoms with Crippen LogP contribution in [0.2, 0.25) is 1.41 Å². The number of nitrogens with zero attached hydrogens (tertiary/aromatic N) is 3. The Morgan fingerprint density at radius 2 is 2.22 bits per heavy atom. The Bertz CT molecular complexity index is 807. The van der Waals surface area contributed by atoms with Gasteiger partial charge in [0.05, 0.1) is 12.6 Å². The van der Waals surface area contributed by atoms with Crippen LogP contribution in [0.1, 0.15) is 21.4 Å². The summed E-state index contributed by atoms with van der Waals surface area (Å²) in [6.45, 7) is -2.50. The van der Waals surface area contributed by atoms with Crippen LogP contribution in [0.25, 0.3) is 0 Å². The number of fused-ring (bicyclic) bond motifs is 2. The zero-order valence-electron chi connectivity index (χ0n) is 14.5. The molecule has 5 heteroatoms. The topological polar surface area (TPSA) is 58.1 Å². The molecule has 18 heavy (non-hydrogen) atoms. The minimum Gasteiger partial charge on any atom is -0.318 e. The smallest absolute Gasteiger partial charge is 0.259 e. The predicted molar refractivity (Wildman–Crippen MR) is 69.2 cm³/mol. The van der Waals surface area contributed by atoms with E-state index in [9.17, 15) is 4.79 Å². The largest absolute Gasteiger partial charge is 0.318 e. The lowest BCUT2D eigenvalue weighted by Gasteiger charge is -2.18. The van der Waals surface area contributed by atoms with E-state index in [1.54, 1.807) is 7.05 Å². The van der Waals surface area contributed by atoms with Gasteiger partial charge in [-0.3, -0.25) is 4.79 Å². The fraction of sp³-hybridized carbons (Fsp3) is 0.154. The highest BCUT2D eigenvalue weighted by molar-refractivity contribution is 6.11. The molecule has 0 fully saturated rings. The first-order chi connectivity index (χ1) is 10.7. The number of rotatable bonds is 0. The van der Waals surface area contributed by atoms with Gasteiger partial charge in [0, 0.05) is 23.6 Å². The number of nitrogens with one attached hydrogen (secondary N) is 1. The zero-order chi connectivity index (χ0) is 16.9. The highest BCUT2D eigenvalue weighted by atomic mass is 16.1. The average Bonchev–Trinajstić information content (AvgIpc) is 2.57. The predicted octanol–water partition coefficient (Wildman–Crippen LogP) is 2.12. The molecule has 0 bridgehead atoms. The lowest BCUT2D eigenvalue weighted by atomic mass is 10.2. The number of hydrogen-bond acceptors (Lipinski definition) is 4. The van der Waals surface area contributed by atoms with Gasteiger partial charge in [0.25, 0.3) is 5.91 Å². The fourth-order valence-electron chi connectivity index (χ4n) is 1.84. The molecule has 1 amide bonds. The number of pyridine rings is 2. The Labute approximate surface area is 112 Å². The van der Waals surface area contributed by atoms with Crippen molar-refractivity contribution in [3.63, 3.8) is 0 Å². The average molecular weight is 245 g/mol. The number of hydrogen-bond donors (Lipinski definition) is 1. The number of carbonyl (C=O) groups is 1. The Morgan fingerprint density at radius 1 is 1.39 bits per heavy atom. The minimum atomic E-state index is -2.50. The molecule has 0 atom stereocenters. The molecule has 0 aromatic carbocycles. The summed E-state index contributed by atoms with van der Waals surface area (Å²) in [5.41, 5.74) is -0.203. The van der Waals surface area contributed by atoms with Gasteiger partial charge in [0.15, 0.2) is 7.23 Å². The first-order valence-corrected chi connectivity index (χ1v) is 5.25. The summed E-state index contributed by atoms with van der Waals surface area (Å²) < 4.78 is 38.6. The van der Waals surface area contributed by atoms with Gasteiger partial charge in [-0.25, -0.2) is 9.97 Å². The second-order valence-electron chi connectivity index (χ2n) is 3.81. The zero-order valence-corrected chi connectivity index (χ0v) is 9.51. The molecule has 0 saturated heterocycles. The van der Waals surface area contributed by atoms with E-state index in [4.69, 9.17) is 6.89 Å². The lowest BCUT2D eigenvalue weighted by Crippen LogP contribution is -2.14. The van der Waals surface area contributed by atoms with Crippen LogP contribution in [0.4, 0.5) is 17.3 Å². The van der Waals surface area contributed by atoms with Gasteiger partial charge in [-0.05, 0) is 30.6 Å². The van der Waals surface area contributed by atoms with Crippen LogP contribution in [-0.2, 0) is 0 Å². The van der Waals surface area contributed by atoms with Crippen molar-refractivity contribution in [1.82, 2.24) is 9.97 Å². The van der Waals surface area contributed by atoms with Crippen molar-refractivity contribution in [2.24, 2.45) is 0 Å². The molecule has 2 aromatic heterocycles. The van der Waals surface area contributed by atoms with E-state index < -0.39 is 12.8 Å². The van der Waals surface area contributed by atoms with Crippen molar-refractivity contribution < 1.29 is 11.7 Å². The molecule has 2 aromatic rings. The number of aromatic nitrogens is 2. The molecule has 0 radical (unpaired) electrons. The standard InChI is InChI=1S/C13H12N4O/c1-8-5-7-15-12-10(8)16-13(18)9-4-3-6-14-11(9)17(12)2/h3-7H,1-2H3,(H,16,18)/i1D3,3D/hD. The van der Waals surface area contributed by atoms with Crippen molar-refractivity contribution >= 4 is 23.2 Å². The number of anilines is 3. The Balaban J connectivity index is 2.33. The highest BCUT2D eigenvalue weighted by Crippen LogP contribution is 2.35. The molecule has 1 aliphatic heterocycles. The molecular weight excluding hydrogens is 228 g/mol. The van der Waals surface area contributed by atoms with Gasteiger partial charge in [-0.2, -0.15) is 0 Å². The summed E-state index contributed by atoms with van der Waals surface area (Å²) in [4.78, 5) is 22.2.